The van der Waals surface area contributed by atoms with Gasteiger partial charge in [-0.2, -0.15) is 18.4 Å². The molecule has 2 aromatic rings. The van der Waals surface area contributed by atoms with Crippen LogP contribution in [0.1, 0.15) is 29.7 Å². The Labute approximate surface area is 157 Å². The number of hydrogen-bond acceptors (Lipinski definition) is 4. The van der Waals surface area contributed by atoms with Gasteiger partial charge in [0.15, 0.2) is 11.7 Å². The maximum absolute atomic E-state index is 13.2. The van der Waals surface area contributed by atoms with Crippen molar-refractivity contribution in [2.24, 2.45) is 5.73 Å². The molecule has 0 saturated carbocycles. The first kappa shape index (κ1) is 20.6. The molecule has 0 heterocycles. The van der Waals surface area contributed by atoms with Crippen LogP contribution in [0.4, 0.5) is 13.2 Å². The van der Waals surface area contributed by atoms with E-state index in [-0.39, 0.29) is 11.3 Å². The van der Waals surface area contributed by atoms with Crippen LogP contribution in [0.25, 0.3) is 0 Å². The summed E-state index contributed by atoms with van der Waals surface area (Å²) in [5.41, 5.74) is 0.867. The van der Waals surface area contributed by atoms with Gasteiger partial charge in [0.1, 0.15) is 5.75 Å². The Hall–Kier alpha value is -2.76. The van der Waals surface area contributed by atoms with Crippen molar-refractivity contribution < 1.29 is 27.8 Å². The number of rotatable bonds is 5. The zero-order valence-electron chi connectivity index (χ0n) is 13.9. The van der Waals surface area contributed by atoms with Crippen LogP contribution >= 0.6 is 11.6 Å². The first-order valence-electron chi connectivity index (χ1n) is 7.52. The van der Waals surface area contributed by atoms with Crippen molar-refractivity contribution in [3.8, 4) is 11.8 Å². The van der Waals surface area contributed by atoms with E-state index >= 15 is 0 Å². The average molecular weight is 399 g/mol. The maximum atomic E-state index is 13.2. The summed E-state index contributed by atoms with van der Waals surface area (Å²) in [6, 6.07) is 9.97. The highest BCUT2D eigenvalue weighted by molar-refractivity contribution is 6.30. The van der Waals surface area contributed by atoms with E-state index in [0.29, 0.717) is 11.1 Å². The lowest BCUT2D eigenvalue weighted by molar-refractivity contribution is -0.145. The van der Waals surface area contributed by atoms with E-state index in [4.69, 9.17) is 27.3 Å². The SMILES string of the molecule is CC(O)(C(N)=O)C(Oc1ccc(Cl)cc1)c1ccc(C#N)c(C(F)(F)F)c1. The van der Waals surface area contributed by atoms with Crippen molar-refractivity contribution >= 4 is 17.5 Å². The van der Waals surface area contributed by atoms with Crippen molar-refractivity contribution in [2.45, 2.75) is 24.8 Å². The molecule has 27 heavy (non-hydrogen) atoms. The predicted octanol–water partition coefficient (Wildman–Crippen LogP) is 3.59. The second-order valence-electron chi connectivity index (χ2n) is 5.88. The minimum Gasteiger partial charge on any atom is -0.482 e. The Balaban J connectivity index is 2.58. The molecule has 0 saturated heterocycles. The van der Waals surface area contributed by atoms with Gasteiger partial charge in [-0.15, -0.1) is 0 Å². The van der Waals surface area contributed by atoms with Crippen molar-refractivity contribution in [3.63, 3.8) is 0 Å². The second kappa shape index (κ2) is 7.47. The van der Waals surface area contributed by atoms with E-state index < -0.39 is 34.9 Å². The molecule has 0 fully saturated rings. The van der Waals surface area contributed by atoms with Gasteiger partial charge in [-0.25, -0.2) is 0 Å². The lowest BCUT2D eigenvalue weighted by atomic mass is 9.90. The van der Waals surface area contributed by atoms with E-state index in [1.165, 1.54) is 30.3 Å². The zero-order chi connectivity index (χ0) is 20.4. The Morgan fingerprint density at radius 3 is 2.33 bits per heavy atom. The summed E-state index contributed by atoms with van der Waals surface area (Å²) < 4.78 is 45.3. The third-order valence-electron chi connectivity index (χ3n) is 3.85. The molecule has 142 valence electrons. The zero-order valence-corrected chi connectivity index (χ0v) is 14.7. The molecular weight excluding hydrogens is 385 g/mol. The third-order valence-corrected chi connectivity index (χ3v) is 4.10. The van der Waals surface area contributed by atoms with Gasteiger partial charge in [0.2, 0.25) is 0 Å². The summed E-state index contributed by atoms with van der Waals surface area (Å²) >= 11 is 5.78. The molecule has 5 nitrogen and oxygen atoms in total. The predicted molar refractivity (Wildman–Crippen MR) is 90.8 cm³/mol. The number of aliphatic hydroxyl groups is 1. The number of benzene rings is 2. The number of primary amides is 1. The fourth-order valence-corrected chi connectivity index (χ4v) is 2.47. The van der Waals surface area contributed by atoms with Gasteiger partial charge in [-0.1, -0.05) is 17.7 Å². The number of nitriles is 1. The number of hydrogen-bond donors (Lipinski definition) is 2. The molecule has 0 spiro atoms. The fourth-order valence-electron chi connectivity index (χ4n) is 2.34. The smallest absolute Gasteiger partial charge is 0.417 e. The number of nitrogens with two attached hydrogens (primary N) is 1. The summed E-state index contributed by atoms with van der Waals surface area (Å²) in [6.45, 7) is 1.03. The summed E-state index contributed by atoms with van der Waals surface area (Å²) in [5, 5.41) is 19.8. The third kappa shape index (κ3) is 4.51. The largest absolute Gasteiger partial charge is 0.482 e. The molecule has 0 aromatic heterocycles. The van der Waals surface area contributed by atoms with Crippen molar-refractivity contribution in [1.29, 1.82) is 5.26 Å². The van der Waals surface area contributed by atoms with Gasteiger partial charge in [0.25, 0.3) is 5.91 Å². The monoisotopic (exact) mass is 398 g/mol. The van der Waals surface area contributed by atoms with Crippen LogP contribution in [0, 0.1) is 11.3 Å². The van der Waals surface area contributed by atoms with Crippen LogP contribution in [0.15, 0.2) is 42.5 Å². The Kier molecular flexibility index (Phi) is 5.68. The highest BCUT2D eigenvalue weighted by Gasteiger charge is 2.42. The van der Waals surface area contributed by atoms with E-state index in [1.54, 1.807) is 0 Å². The topological polar surface area (TPSA) is 96.3 Å². The first-order chi connectivity index (χ1) is 12.5. The maximum Gasteiger partial charge on any atom is 0.417 e. The van der Waals surface area contributed by atoms with Gasteiger partial charge in [0, 0.05) is 5.02 Å². The van der Waals surface area contributed by atoms with E-state index in [1.807, 2.05) is 0 Å². The Morgan fingerprint density at radius 2 is 1.85 bits per heavy atom. The van der Waals surface area contributed by atoms with Gasteiger partial charge in [0.05, 0.1) is 17.2 Å². The summed E-state index contributed by atoms with van der Waals surface area (Å²) in [4.78, 5) is 11.7. The fraction of sp³-hybridized carbons (Fsp3) is 0.222. The van der Waals surface area contributed by atoms with E-state index in [0.717, 1.165) is 19.1 Å². The molecule has 2 aromatic carbocycles. The summed E-state index contributed by atoms with van der Waals surface area (Å²) in [6.07, 6.45) is -6.38. The number of amides is 1. The highest BCUT2D eigenvalue weighted by Crippen LogP contribution is 2.37. The lowest BCUT2D eigenvalue weighted by Crippen LogP contribution is -2.48. The van der Waals surface area contributed by atoms with Gasteiger partial charge >= 0.3 is 6.18 Å². The number of alkyl halides is 3. The lowest BCUT2D eigenvalue weighted by Gasteiger charge is -2.31. The van der Waals surface area contributed by atoms with Crippen molar-refractivity contribution in [3.05, 3.63) is 64.2 Å². The molecule has 9 heteroatoms. The average Bonchev–Trinajstić information content (AvgIpc) is 2.59. The normalized spacial score (nSPS) is 14.7. The van der Waals surface area contributed by atoms with Crippen molar-refractivity contribution in [2.75, 3.05) is 0 Å². The first-order valence-corrected chi connectivity index (χ1v) is 7.90. The molecule has 2 rings (SSSR count). The summed E-state index contributed by atoms with van der Waals surface area (Å²) in [7, 11) is 0. The molecule has 0 aliphatic heterocycles. The summed E-state index contributed by atoms with van der Waals surface area (Å²) in [5.74, 6) is -1.05. The van der Waals surface area contributed by atoms with Gasteiger partial charge < -0.3 is 15.6 Å². The van der Waals surface area contributed by atoms with Crippen LogP contribution in [0.5, 0.6) is 5.75 Å². The van der Waals surface area contributed by atoms with E-state index in [9.17, 15) is 23.1 Å². The van der Waals surface area contributed by atoms with Crippen LogP contribution in [-0.2, 0) is 11.0 Å². The minimum atomic E-state index is -4.82. The molecule has 1 amide bonds. The number of carbonyl (C=O) groups is 1. The van der Waals surface area contributed by atoms with Crippen LogP contribution in [-0.4, -0.2) is 16.6 Å². The van der Waals surface area contributed by atoms with Crippen LogP contribution in [0.2, 0.25) is 5.02 Å². The number of ether oxygens (including phenoxy) is 1. The van der Waals surface area contributed by atoms with Crippen LogP contribution < -0.4 is 10.5 Å². The highest BCUT2D eigenvalue weighted by atomic mass is 35.5. The molecule has 0 bridgehead atoms. The minimum absolute atomic E-state index is 0.142. The molecular formula is C18H14ClF3N2O3. The molecule has 0 aliphatic rings. The quantitative estimate of drug-likeness (QED) is 0.804. The number of nitrogens with zero attached hydrogens (tertiary/aromatic N) is 1. The second-order valence-corrected chi connectivity index (χ2v) is 6.31. The Bertz CT molecular complexity index is 890. The van der Waals surface area contributed by atoms with Crippen molar-refractivity contribution in [1.82, 2.24) is 0 Å². The number of halogens is 4. The number of carbonyl (C=O) groups excluding carboxylic acids is 1. The van der Waals surface area contributed by atoms with Crippen LogP contribution in [0.3, 0.4) is 0 Å². The molecule has 3 N–H and O–H groups in total. The molecule has 0 aliphatic carbocycles. The molecule has 2 unspecified atom stereocenters. The van der Waals surface area contributed by atoms with Gasteiger partial charge in [-0.05, 0) is 48.9 Å². The Morgan fingerprint density at radius 1 is 1.26 bits per heavy atom. The van der Waals surface area contributed by atoms with Gasteiger partial charge in [-0.3, -0.25) is 4.79 Å². The van der Waals surface area contributed by atoms with E-state index in [2.05, 4.69) is 0 Å². The molecule has 0 radical (unpaired) electrons. The standard InChI is InChI=1S/C18H14ClF3N2O3/c1-17(26,16(24)25)15(27-13-6-4-12(19)5-7-13)10-2-3-11(9-23)14(8-10)18(20,21)22/h2-8,15,26H,1H3,(H2,24,25). The molecule has 2 atom stereocenters.